The van der Waals surface area contributed by atoms with Gasteiger partial charge in [-0.3, -0.25) is 0 Å². The highest BCUT2D eigenvalue weighted by Crippen LogP contribution is 2.39. The first-order chi connectivity index (χ1) is 24.1. The van der Waals surface area contributed by atoms with E-state index in [0.29, 0.717) is 50.2 Å². The van der Waals surface area contributed by atoms with Gasteiger partial charge in [-0.25, -0.2) is 0 Å². The topological polar surface area (TPSA) is 71.9 Å². The maximum absolute atomic E-state index is 6.96. The molecular formula is C41H55ClN2O5. The average Bonchev–Trinajstić information content (AvgIpc) is 3.12. The van der Waals surface area contributed by atoms with Gasteiger partial charge in [0.05, 0.1) is 12.3 Å². The van der Waals surface area contributed by atoms with Gasteiger partial charge in [0.15, 0.2) is 0 Å². The Hall–Kier alpha value is -2.83. The van der Waals surface area contributed by atoms with Crippen LogP contribution >= 0.6 is 11.6 Å². The summed E-state index contributed by atoms with van der Waals surface area (Å²) >= 11 is 6.80. The summed E-state index contributed by atoms with van der Waals surface area (Å²) in [5.41, 5.74) is 4.27. The van der Waals surface area contributed by atoms with E-state index in [4.69, 9.17) is 35.3 Å². The number of ether oxygens (including phenoxy) is 5. The highest BCUT2D eigenvalue weighted by atomic mass is 35.5. The molecule has 1 aromatic heterocycles. The molecule has 0 aliphatic carbocycles. The van der Waals surface area contributed by atoms with Crippen LogP contribution in [0.1, 0.15) is 113 Å². The van der Waals surface area contributed by atoms with Crippen LogP contribution in [-0.4, -0.2) is 67.6 Å². The van der Waals surface area contributed by atoms with Crippen molar-refractivity contribution in [2.24, 2.45) is 0 Å². The Morgan fingerprint density at radius 3 is 2.00 bits per heavy atom. The molecule has 0 amide bonds. The third-order valence-corrected chi connectivity index (χ3v) is 8.95. The zero-order valence-corrected chi connectivity index (χ0v) is 30.6. The zero-order valence-electron chi connectivity index (χ0n) is 29.9. The van der Waals surface area contributed by atoms with Crippen molar-refractivity contribution in [1.29, 1.82) is 0 Å². The molecule has 1 aliphatic heterocycles. The molecule has 0 saturated carbocycles. The van der Waals surface area contributed by atoms with E-state index < -0.39 is 6.10 Å². The molecule has 8 heteroatoms. The summed E-state index contributed by atoms with van der Waals surface area (Å²) < 4.78 is 33.1. The number of halogens is 1. The van der Waals surface area contributed by atoms with Gasteiger partial charge in [0.1, 0.15) is 36.2 Å². The Balaban J connectivity index is 1.62. The van der Waals surface area contributed by atoms with Crippen molar-refractivity contribution in [3.05, 3.63) is 93.8 Å². The molecule has 0 bridgehead atoms. The van der Waals surface area contributed by atoms with Crippen LogP contribution in [0.3, 0.4) is 0 Å². The predicted octanol–water partition coefficient (Wildman–Crippen LogP) is 8.93. The molecule has 49 heavy (non-hydrogen) atoms. The van der Waals surface area contributed by atoms with Crippen LogP contribution in [0.4, 0.5) is 0 Å². The zero-order chi connectivity index (χ0) is 34.7. The first-order valence-corrected chi connectivity index (χ1v) is 18.7. The van der Waals surface area contributed by atoms with E-state index >= 15 is 0 Å². The van der Waals surface area contributed by atoms with Gasteiger partial charge in [0.25, 0.3) is 0 Å². The molecule has 4 rings (SSSR count). The highest BCUT2D eigenvalue weighted by molar-refractivity contribution is 6.31. The summed E-state index contributed by atoms with van der Waals surface area (Å²) in [7, 11) is 0. The minimum Gasteiger partial charge on any atom is -0.379 e. The first kappa shape index (κ1) is 39.0. The van der Waals surface area contributed by atoms with Crippen molar-refractivity contribution in [1.82, 2.24) is 10.2 Å². The van der Waals surface area contributed by atoms with E-state index in [1.54, 1.807) is 0 Å². The van der Waals surface area contributed by atoms with Crippen molar-refractivity contribution >= 4 is 11.6 Å². The van der Waals surface area contributed by atoms with Crippen LogP contribution in [0, 0.1) is 11.8 Å². The third-order valence-electron chi connectivity index (χ3n) is 8.58. The molecule has 1 aliphatic rings. The van der Waals surface area contributed by atoms with E-state index in [1.165, 1.54) is 0 Å². The number of nitrogens with zero attached hydrogens (tertiary/aromatic N) is 2. The molecule has 2 heterocycles. The summed E-state index contributed by atoms with van der Waals surface area (Å²) in [6.45, 7) is 11.7. The Kier molecular flexibility index (Phi) is 17.6. The lowest BCUT2D eigenvalue weighted by Crippen LogP contribution is -2.58. The molecular weight excluding hydrogens is 636 g/mol. The average molecular weight is 691 g/mol. The van der Waals surface area contributed by atoms with E-state index in [1.807, 2.05) is 54.6 Å². The van der Waals surface area contributed by atoms with Crippen LogP contribution < -0.4 is 0 Å². The van der Waals surface area contributed by atoms with Gasteiger partial charge in [0, 0.05) is 43.4 Å². The Morgan fingerprint density at radius 1 is 0.694 bits per heavy atom. The smallest absolute Gasteiger partial charge is 0.136 e. The van der Waals surface area contributed by atoms with Gasteiger partial charge in [0.2, 0.25) is 0 Å². The largest absolute Gasteiger partial charge is 0.379 e. The second-order valence-corrected chi connectivity index (χ2v) is 13.1. The molecule has 3 aromatic rings. The molecule has 0 N–H and O–H groups in total. The fourth-order valence-electron chi connectivity index (χ4n) is 5.71. The van der Waals surface area contributed by atoms with Gasteiger partial charge < -0.3 is 23.7 Å². The standard InChI is InChI=1S/C41H55ClN2O5/c1-5-9-24-45-30-37-39(46-25-10-6-2)41(48-27-12-8-4)40(47-26-11-7-3)38(49-37)32-19-23-36(42)33(28-32)29-35-22-21-34(43-44-35)20-18-31-16-14-13-15-17-31/h13-17,19,21-23,28,37-41H,5-12,24-27,29-30H2,1-4H3/t37-,38+,39-,40+,41+/m1/s1. The monoisotopic (exact) mass is 690 g/mol. The van der Waals surface area contributed by atoms with Crippen LogP contribution in [0.25, 0.3) is 0 Å². The lowest BCUT2D eigenvalue weighted by Gasteiger charge is -2.46. The van der Waals surface area contributed by atoms with Crippen LogP contribution in [0.15, 0.2) is 60.7 Å². The molecule has 1 saturated heterocycles. The minimum absolute atomic E-state index is 0.307. The minimum atomic E-state index is -0.396. The number of hydrogen-bond donors (Lipinski definition) is 0. The lowest BCUT2D eigenvalue weighted by atomic mass is 9.89. The first-order valence-electron chi connectivity index (χ1n) is 18.3. The normalized spacial score (nSPS) is 20.6. The van der Waals surface area contributed by atoms with E-state index in [9.17, 15) is 0 Å². The maximum Gasteiger partial charge on any atom is 0.136 e. The fourth-order valence-corrected chi connectivity index (χ4v) is 5.89. The molecule has 2 aromatic carbocycles. The van der Waals surface area contributed by atoms with Crippen molar-refractivity contribution in [3.63, 3.8) is 0 Å². The van der Waals surface area contributed by atoms with Crippen molar-refractivity contribution in [3.8, 4) is 11.8 Å². The highest BCUT2D eigenvalue weighted by Gasteiger charge is 2.48. The molecule has 266 valence electrons. The second kappa shape index (κ2) is 22.1. The van der Waals surface area contributed by atoms with E-state index in [-0.39, 0.29) is 24.4 Å². The van der Waals surface area contributed by atoms with Gasteiger partial charge in [-0.05, 0) is 73.1 Å². The van der Waals surface area contributed by atoms with Gasteiger partial charge >= 0.3 is 0 Å². The van der Waals surface area contributed by atoms with Crippen molar-refractivity contribution < 1.29 is 23.7 Å². The molecule has 0 radical (unpaired) electrons. The SMILES string of the molecule is CCCCOC[C@H]1O[C@@H](c2ccc(Cl)c(Cc3ccc(C#Cc4ccccc4)nn3)c2)[C@H](OCCCC)[C@@H](OCCCC)[C@@H]1OCCCC. The molecule has 0 spiro atoms. The van der Waals surface area contributed by atoms with Gasteiger partial charge in [-0.1, -0.05) is 101 Å². The third kappa shape index (κ3) is 12.5. The summed E-state index contributed by atoms with van der Waals surface area (Å²) in [5, 5.41) is 9.50. The molecule has 1 fully saturated rings. The van der Waals surface area contributed by atoms with Crippen LogP contribution in [0.5, 0.6) is 0 Å². The van der Waals surface area contributed by atoms with Crippen LogP contribution in [-0.2, 0) is 30.1 Å². The van der Waals surface area contributed by atoms with Crippen LogP contribution in [0.2, 0.25) is 5.02 Å². The quantitative estimate of drug-likeness (QED) is 0.0866. The number of benzene rings is 2. The summed E-state index contributed by atoms with van der Waals surface area (Å²) in [6, 6.07) is 19.8. The number of unbranched alkanes of at least 4 members (excludes halogenated alkanes) is 4. The molecule has 7 nitrogen and oxygen atoms in total. The number of aromatic nitrogens is 2. The summed E-state index contributed by atoms with van der Waals surface area (Å²) in [5.74, 6) is 6.23. The number of hydrogen-bond acceptors (Lipinski definition) is 7. The lowest BCUT2D eigenvalue weighted by molar-refractivity contribution is -0.268. The van der Waals surface area contributed by atoms with Gasteiger partial charge in [-0.2, -0.15) is 5.10 Å². The summed E-state index contributed by atoms with van der Waals surface area (Å²) in [4.78, 5) is 0. The van der Waals surface area contributed by atoms with Crippen molar-refractivity contribution in [2.75, 3.05) is 33.0 Å². The maximum atomic E-state index is 6.96. The Labute approximate surface area is 299 Å². The van der Waals surface area contributed by atoms with Gasteiger partial charge in [-0.15, -0.1) is 5.10 Å². The fraction of sp³-hybridized carbons (Fsp3) is 0.561. The summed E-state index contributed by atoms with van der Waals surface area (Å²) in [6.07, 6.45) is 6.91. The Morgan fingerprint density at radius 2 is 1.35 bits per heavy atom. The van der Waals surface area contributed by atoms with Crippen molar-refractivity contribution in [2.45, 2.75) is 116 Å². The number of rotatable bonds is 20. The molecule has 0 unspecified atom stereocenters. The molecule has 5 atom stereocenters. The van der Waals surface area contributed by atoms with E-state index in [2.05, 4.69) is 55.8 Å². The van der Waals surface area contributed by atoms with E-state index in [0.717, 1.165) is 73.8 Å². The predicted molar refractivity (Wildman–Crippen MR) is 196 cm³/mol. The second-order valence-electron chi connectivity index (χ2n) is 12.6. The Bertz CT molecular complexity index is 1410.